The largest absolute Gasteiger partial charge is 0.468 e. The molecule has 0 heterocycles. The molecule has 120 valence electrons. The molecule has 2 aromatic rings. The third-order valence-corrected chi connectivity index (χ3v) is 2.98. The van der Waals surface area contributed by atoms with E-state index < -0.39 is 5.97 Å². The predicted octanol–water partition coefficient (Wildman–Crippen LogP) is 3.40. The van der Waals surface area contributed by atoms with Crippen LogP contribution in [0.5, 0.6) is 11.5 Å². The average molecular weight is 314 g/mol. The molecule has 0 bridgehead atoms. The van der Waals surface area contributed by atoms with Crippen LogP contribution < -0.4 is 9.47 Å². The smallest absolute Gasteiger partial charge is 0.333 e. The minimum atomic E-state index is -0.516. The number of hydrogen-bond donors (Lipinski definition) is 0. The van der Waals surface area contributed by atoms with Crippen LogP contribution in [-0.4, -0.2) is 26.7 Å². The molecule has 0 spiro atoms. The lowest BCUT2D eigenvalue weighted by molar-refractivity contribution is -0.144. The third-order valence-electron chi connectivity index (χ3n) is 2.98. The molecule has 0 radical (unpaired) electrons. The fourth-order valence-electron chi connectivity index (χ4n) is 1.83. The maximum atomic E-state index is 10.9. The standard InChI is InChI=1S/C18H18O5/c1-3-18(19)23-13-22-17-10-6-15(7-11-17)14-4-8-16(9-5-14)21-12-20-2/h3-11H,1,12-13H2,2H3. The van der Waals surface area contributed by atoms with E-state index in [1.165, 1.54) is 0 Å². The van der Waals surface area contributed by atoms with Crippen LogP contribution in [0.4, 0.5) is 0 Å². The van der Waals surface area contributed by atoms with Crippen LogP contribution >= 0.6 is 0 Å². The van der Waals surface area contributed by atoms with Gasteiger partial charge in [0.25, 0.3) is 0 Å². The van der Waals surface area contributed by atoms with Gasteiger partial charge in [-0.25, -0.2) is 4.79 Å². The van der Waals surface area contributed by atoms with Gasteiger partial charge >= 0.3 is 5.97 Å². The fourth-order valence-corrected chi connectivity index (χ4v) is 1.83. The average Bonchev–Trinajstić information content (AvgIpc) is 2.61. The Morgan fingerprint density at radius 1 is 0.913 bits per heavy atom. The molecule has 0 fully saturated rings. The number of rotatable bonds is 8. The van der Waals surface area contributed by atoms with E-state index in [2.05, 4.69) is 6.58 Å². The quantitative estimate of drug-likeness (QED) is 0.424. The molecule has 0 saturated heterocycles. The predicted molar refractivity (Wildman–Crippen MR) is 86.2 cm³/mol. The van der Waals surface area contributed by atoms with E-state index in [4.69, 9.17) is 18.9 Å². The molecule has 2 aromatic carbocycles. The highest BCUT2D eigenvalue weighted by atomic mass is 16.7. The Morgan fingerprint density at radius 2 is 1.39 bits per heavy atom. The van der Waals surface area contributed by atoms with E-state index >= 15 is 0 Å². The summed E-state index contributed by atoms with van der Waals surface area (Å²) < 4.78 is 20.3. The summed E-state index contributed by atoms with van der Waals surface area (Å²) in [6.45, 7) is 3.39. The molecule has 0 unspecified atom stereocenters. The minimum absolute atomic E-state index is 0.143. The normalized spacial score (nSPS) is 9.96. The highest BCUT2D eigenvalue weighted by Crippen LogP contribution is 2.24. The molecule has 2 rings (SSSR count). The molecular weight excluding hydrogens is 296 g/mol. The highest BCUT2D eigenvalue weighted by molar-refractivity contribution is 5.81. The summed E-state index contributed by atoms with van der Waals surface area (Å²) in [5, 5.41) is 0. The van der Waals surface area contributed by atoms with Crippen molar-refractivity contribution in [3.63, 3.8) is 0 Å². The number of benzene rings is 2. The first-order valence-corrected chi connectivity index (χ1v) is 6.97. The Labute approximate surface area is 135 Å². The topological polar surface area (TPSA) is 54.0 Å². The van der Waals surface area contributed by atoms with E-state index in [-0.39, 0.29) is 13.6 Å². The Bertz CT molecular complexity index is 631. The summed E-state index contributed by atoms with van der Waals surface area (Å²) >= 11 is 0. The van der Waals surface area contributed by atoms with Gasteiger partial charge < -0.3 is 18.9 Å². The molecule has 23 heavy (non-hydrogen) atoms. The van der Waals surface area contributed by atoms with Crippen LogP contribution in [0.15, 0.2) is 61.2 Å². The first kappa shape index (κ1) is 16.6. The Morgan fingerprint density at radius 3 is 1.83 bits per heavy atom. The van der Waals surface area contributed by atoms with Gasteiger partial charge in [-0.3, -0.25) is 0 Å². The third kappa shape index (κ3) is 5.16. The summed E-state index contributed by atoms with van der Waals surface area (Å²) in [4.78, 5) is 10.9. The lowest BCUT2D eigenvalue weighted by Gasteiger charge is -2.08. The Hall–Kier alpha value is -2.79. The Balaban J connectivity index is 1.93. The monoisotopic (exact) mass is 314 g/mol. The van der Waals surface area contributed by atoms with E-state index in [1.807, 2.05) is 48.5 Å². The number of esters is 1. The maximum Gasteiger partial charge on any atom is 0.333 e. The van der Waals surface area contributed by atoms with Crippen molar-refractivity contribution in [3.05, 3.63) is 61.2 Å². The number of methoxy groups -OCH3 is 1. The summed E-state index contributed by atoms with van der Waals surface area (Å²) in [6, 6.07) is 15.2. The van der Waals surface area contributed by atoms with Crippen LogP contribution in [-0.2, 0) is 14.3 Å². The van der Waals surface area contributed by atoms with Crippen LogP contribution in [0.25, 0.3) is 11.1 Å². The van der Waals surface area contributed by atoms with Crippen molar-refractivity contribution in [2.24, 2.45) is 0 Å². The first-order valence-electron chi connectivity index (χ1n) is 6.97. The van der Waals surface area contributed by atoms with Gasteiger partial charge in [-0.15, -0.1) is 0 Å². The molecule has 0 aliphatic rings. The molecule has 0 saturated carbocycles. The summed E-state index contributed by atoms with van der Waals surface area (Å²) in [7, 11) is 1.58. The summed E-state index contributed by atoms with van der Waals surface area (Å²) in [5.41, 5.74) is 2.10. The second-order valence-electron chi connectivity index (χ2n) is 4.53. The number of hydrogen-bond acceptors (Lipinski definition) is 5. The summed E-state index contributed by atoms with van der Waals surface area (Å²) in [6.07, 6.45) is 1.09. The lowest BCUT2D eigenvalue weighted by atomic mass is 10.1. The Kier molecular flexibility index (Phi) is 6.20. The van der Waals surface area contributed by atoms with Gasteiger partial charge in [0, 0.05) is 13.2 Å². The van der Waals surface area contributed by atoms with Crippen LogP contribution in [0.2, 0.25) is 0 Å². The molecule has 0 N–H and O–H groups in total. The molecule has 5 heteroatoms. The van der Waals surface area contributed by atoms with Gasteiger partial charge in [0.2, 0.25) is 6.79 Å². The SMILES string of the molecule is C=CC(=O)OCOc1ccc(-c2ccc(OCOC)cc2)cc1. The van der Waals surface area contributed by atoms with Gasteiger partial charge in [0.1, 0.15) is 11.5 Å². The second kappa shape index (κ2) is 8.60. The van der Waals surface area contributed by atoms with E-state index in [1.54, 1.807) is 7.11 Å². The first-order chi connectivity index (χ1) is 11.2. The second-order valence-corrected chi connectivity index (χ2v) is 4.53. The number of carbonyl (C=O) groups excluding carboxylic acids is 1. The molecular formula is C18H18O5. The number of carbonyl (C=O) groups is 1. The zero-order chi connectivity index (χ0) is 16.5. The number of ether oxygens (including phenoxy) is 4. The van der Waals surface area contributed by atoms with E-state index in [0.29, 0.717) is 5.75 Å². The maximum absolute atomic E-state index is 10.9. The summed E-state index contributed by atoms with van der Waals surface area (Å²) in [5.74, 6) is 0.850. The molecule has 0 aromatic heterocycles. The van der Waals surface area contributed by atoms with Crippen LogP contribution in [0.1, 0.15) is 0 Å². The lowest BCUT2D eigenvalue weighted by Crippen LogP contribution is -2.07. The van der Waals surface area contributed by atoms with Crippen molar-refractivity contribution in [1.29, 1.82) is 0 Å². The van der Waals surface area contributed by atoms with E-state index in [0.717, 1.165) is 23.0 Å². The van der Waals surface area contributed by atoms with Gasteiger partial charge in [-0.2, -0.15) is 0 Å². The van der Waals surface area contributed by atoms with Gasteiger partial charge in [0.15, 0.2) is 6.79 Å². The van der Waals surface area contributed by atoms with Crippen molar-refractivity contribution in [2.75, 3.05) is 20.7 Å². The highest BCUT2D eigenvalue weighted by Gasteiger charge is 2.01. The van der Waals surface area contributed by atoms with Crippen molar-refractivity contribution < 1.29 is 23.7 Å². The van der Waals surface area contributed by atoms with Gasteiger partial charge in [-0.05, 0) is 35.4 Å². The molecule has 5 nitrogen and oxygen atoms in total. The van der Waals surface area contributed by atoms with Crippen molar-refractivity contribution in [2.45, 2.75) is 0 Å². The van der Waals surface area contributed by atoms with Crippen LogP contribution in [0.3, 0.4) is 0 Å². The fraction of sp³-hybridized carbons (Fsp3) is 0.167. The minimum Gasteiger partial charge on any atom is -0.468 e. The molecule has 0 atom stereocenters. The van der Waals surface area contributed by atoms with Gasteiger partial charge in [-0.1, -0.05) is 30.8 Å². The zero-order valence-electron chi connectivity index (χ0n) is 12.9. The van der Waals surface area contributed by atoms with Crippen LogP contribution in [0, 0.1) is 0 Å². The zero-order valence-corrected chi connectivity index (χ0v) is 12.9. The molecule has 0 amide bonds. The molecule has 0 aliphatic heterocycles. The van der Waals surface area contributed by atoms with Crippen molar-refractivity contribution >= 4 is 5.97 Å². The molecule has 0 aliphatic carbocycles. The van der Waals surface area contributed by atoms with E-state index in [9.17, 15) is 4.79 Å². The van der Waals surface area contributed by atoms with Crippen molar-refractivity contribution in [1.82, 2.24) is 0 Å². The van der Waals surface area contributed by atoms with Gasteiger partial charge in [0.05, 0.1) is 0 Å². The van der Waals surface area contributed by atoms with Crippen molar-refractivity contribution in [3.8, 4) is 22.6 Å².